The van der Waals surface area contributed by atoms with Gasteiger partial charge in [0.1, 0.15) is 0 Å². The molecule has 2 aromatic carbocycles. The number of rotatable bonds is 4. The van der Waals surface area contributed by atoms with Crippen LogP contribution in [0.4, 0.5) is 11.4 Å². The second-order valence-electron chi connectivity index (χ2n) is 5.16. The SMILES string of the molecule is Cc1ccccc1CCC(=O)Nc1c(C)cc(Br)cc1N. The van der Waals surface area contributed by atoms with Crippen LogP contribution in [0.25, 0.3) is 0 Å². The summed E-state index contributed by atoms with van der Waals surface area (Å²) < 4.78 is 0.912. The second kappa shape index (κ2) is 6.76. The Morgan fingerprint density at radius 1 is 1.19 bits per heavy atom. The maximum atomic E-state index is 12.1. The molecule has 2 rings (SSSR count). The zero-order valence-corrected chi connectivity index (χ0v) is 13.8. The zero-order valence-electron chi connectivity index (χ0n) is 12.2. The van der Waals surface area contributed by atoms with Gasteiger partial charge in [-0.05, 0) is 49.1 Å². The van der Waals surface area contributed by atoms with Gasteiger partial charge in [0, 0.05) is 10.9 Å². The van der Waals surface area contributed by atoms with E-state index < -0.39 is 0 Å². The standard InChI is InChI=1S/C17H19BrN2O/c1-11-5-3-4-6-13(11)7-8-16(21)20-17-12(2)9-14(18)10-15(17)19/h3-6,9-10H,7-8,19H2,1-2H3,(H,20,21). The summed E-state index contributed by atoms with van der Waals surface area (Å²) in [5.41, 5.74) is 10.6. The number of amides is 1. The molecule has 0 aliphatic carbocycles. The van der Waals surface area contributed by atoms with Crippen molar-refractivity contribution in [2.24, 2.45) is 0 Å². The summed E-state index contributed by atoms with van der Waals surface area (Å²) in [6.45, 7) is 3.99. The number of hydrogen-bond acceptors (Lipinski definition) is 2. The van der Waals surface area contributed by atoms with Gasteiger partial charge in [-0.25, -0.2) is 0 Å². The van der Waals surface area contributed by atoms with Crippen LogP contribution < -0.4 is 11.1 Å². The molecule has 0 bridgehead atoms. The average molecular weight is 347 g/mol. The average Bonchev–Trinajstić information content (AvgIpc) is 2.42. The summed E-state index contributed by atoms with van der Waals surface area (Å²) in [7, 11) is 0. The van der Waals surface area contributed by atoms with Gasteiger partial charge in [-0.3, -0.25) is 4.79 Å². The molecule has 4 heteroatoms. The molecular weight excluding hydrogens is 328 g/mol. The molecule has 1 amide bonds. The van der Waals surface area contributed by atoms with Gasteiger partial charge in [-0.15, -0.1) is 0 Å². The van der Waals surface area contributed by atoms with Crippen molar-refractivity contribution in [1.82, 2.24) is 0 Å². The van der Waals surface area contributed by atoms with Gasteiger partial charge < -0.3 is 11.1 Å². The molecule has 2 aromatic rings. The fraction of sp³-hybridized carbons (Fsp3) is 0.235. The zero-order chi connectivity index (χ0) is 15.4. The Morgan fingerprint density at radius 3 is 2.57 bits per heavy atom. The normalized spacial score (nSPS) is 10.4. The summed E-state index contributed by atoms with van der Waals surface area (Å²) >= 11 is 3.39. The molecule has 0 saturated heterocycles. The molecule has 0 aliphatic heterocycles. The number of aryl methyl sites for hydroxylation is 3. The number of nitrogens with two attached hydrogens (primary N) is 1. The summed E-state index contributed by atoms with van der Waals surface area (Å²) in [4.78, 5) is 12.1. The first kappa shape index (κ1) is 15.6. The lowest BCUT2D eigenvalue weighted by Crippen LogP contribution is -2.15. The van der Waals surface area contributed by atoms with Crippen LogP contribution in [0.15, 0.2) is 40.9 Å². The molecule has 0 spiro atoms. The summed E-state index contributed by atoms with van der Waals surface area (Å²) in [6.07, 6.45) is 1.17. The molecule has 3 N–H and O–H groups in total. The van der Waals surface area contributed by atoms with Crippen molar-refractivity contribution in [2.45, 2.75) is 26.7 Å². The highest BCUT2D eigenvalue weighted by molar-refractivity contribution is 9.10. The van der Waals surface area contributed by atoms with Crippen LogP contribution >= 0.6 is 15.9 Å². The van der Waals surface area contributed by atoms with Gasteiger partial charge in [-0.1, -0.05) is 40.2 Å². The van der Waals surface area contributed by atoms with Crippen LogP contribution in [-0.2, 0) is 11.2 Å². The monoisotopic (exact) mass is 346 g/mol. The van der Waals surface area contributed by atoms with Crippen molar-refractivity contribution in [3.8, 4) is 0 Å². The first-order chi connectivity index (χ1) is 9.97. The Hall–Kier alpha value is -1.81. The van der Waals surface area contributed by atoms with Gasteiger partial charge in [0.15, 0.2) is 0 Å². The number of benzene rings is 2. The van der Waals surface area contributed by atoms with Gasteiger partial charge in [0.2, 0.25) is 5.91 Å². The van der Waals surface area contributed by atoms with E-state index in [4.69, 9.17) is 5.73 Å². The van der Waals surface area contributed by atoms with Crippen LogP contribution in [0.1, 0.15) is 23.1 Å². The van der Waals surface area contributed by atoms with Crippen molar-refractivity contribution in [3.05, 3.63) is 57.6 Å². The van der Waals surface area contributed by atoms with Crippen LogP contribution in [-0.4, -0.2) is 5.91 Å². The molecule has 0 heterocycles. The van der Waals surface area contributed by atoms with Gasteiger partial charge in [0.25, 0.3) is 0 Å². The van der Waals surface area contributed by atoms with E-state index in [1.165, 1.54) is 11.1 Å². The fourth-order valence-electron chi connectivity index (χ4n) is 2.28. The van der Waals surface area contributed by atoms with Crippen LogP contribution in [0.2, 0.25) is 0 Å². The highest BCUT2D eigenvalue weighted by Gasteiger charge is 2.10. The maximum Gasteiger partial charge on any atom is 0.224 e. The number of nitrogen functional groups attached to an aromatic ring is 1. The predicted octanol–water partition coefficient (Wildman–Crippen LogP) is 4.22. The molecule has 110 valence electrons. The minimum Gasteiger partial charge on any atom is -0.397 e. The molecule has 0 aliphatic rings. The van der Waals surface area contributed by atoms with E-state index in [0.29, 0.717) is 17.8 Å². The smallest absolute Gasteiger partial charge is 0.224 e. The predicted molar refractivity (Wildman–Crippen MR) is 91.4 cm³/mol. The summed E-state index contributed by atoms with van der Waals surface area (Å²) in [6, 6.07) is 11.9. The summed E-state index contributed by atoms with van der Waals surface area (Å²) in [5.74, 6) is -0.0182. The fourth-order valence-corrected chi connectivity index (χ4v) is 2.87. The Morgan fingerprint density at radius 2 is 1.90 bits per heavy atom. The molecule has 0 saturated carbocycles. The molecule has 0 fully saturated rings. The quantitative estimate of drug-likeness (QED) is 0.814. The molecular formula is C17H19BrN2O. The molecule has 0 radical (unpaired) electrons. The Balaban J connectivity index is 2.01. The summed E-state index contributed by atoms with van der Waals surface area (Å²) in [5, 5.41) is 2.91. The van der Waals surface area contributed by atoms with E-state index in [0.717, 1.165) is 16.5 Å². The highest BCUT2D eigenvalue weighted by atomic mass is 79.9. The van der Waals surface area contributed by atoms with Gasteiger partial charge in [-0.2, -0.15) is 0 Å². The van der Waals surface area contributed by atoms with Gasteiger partial charge >= 0.3 is 0 Å². The van der Waals surface area contributed by atoms with E-state index >= 15 is 0 Å². The van der Waals surface area contributed by atoms with Crippen molar-refractivity contribution >= 4 is 33.2 Å². The number of anilines is 2. The third kappa shape index (κ3) is 4.08. The first-order valence-corrected chi connectivity index (χ1v) is 7.66. The topological polar surface area (TPSA) is 55.1 Å². The van der Waals surface area contributed by atoms with Crippen LogP contribution in [0.3, 0.4) is 0 Å². The lowest BCUT2D eigenvalue weighted by molar-refractivity contribution is -0.116. The number of halogens is 1. The Bertz CT molecular complexity index is 645. The third-order valence-electron chi connectivity index (χ3n) is 3.48. The minimum absolute atomic E-state index is 0.0182. The minimum atomic E-state index is -0.0182. The van der Waals surface area contributed by atoms with E-state index in [-0.39, 0.29) is 5.91 Å². The molecule has 0 aromatic heterocycles. The second-order valence-corrected chi connectivity index (χ2v) is 6.08. The molecule has 0 unspecified atom stereocenters. The van der Waals surface area contributed by atoms with E-state index in [1.807, 2.05) is 25.1 Å². The first-order valence-electron chi connectivity index (χ1n) is 6.87. The molecule has 21 heavy (non-hydrogen) atoms. The van der Waals surface area contributed by atoms with Crippen molar-refractivity contribution < 1.29 is 4.79 Å². The van der Waals surface area contributed by atoms with Gasteiger partial charge in [0.05, 0.1) is 11.4 Å². The number of nitrogens with one attached hydrogen (secondary N) is 1. The van der Waals surface area contributed by atoms with Crippen LogP contribution in [0, 0.1) is 13.8 Å². The van der Waals surface area contributed by atoms with Crippen molar-refractivity contribution in [2.75, 3.05) is 11.1 Å². The van der Waals surface area contributed by atoms with E-state index in [9.17, 15) is 4.79 Å². The van der Waals surface area contributed by atoms with Crippen molar-refractivity contribution in [3.63, 3.8) is 0 Å². The Kier molecular flexibility index (Phi) is 5.02. The lowest BCUT2D eigenvalue weighted by atomic mass is 10.0. The number of carbonyl (C=O) groups excluding carboxylic acids is 1. The number of hydrogen-bond donors (Lipinski definition) is 2. The molecule has 0 atom stereocenters. The number of carbonyl (C=O) groups is 1. The van der Waals surface area contributed by atoms with E-state index in [1.54, 1.807) is 6.07 Å². The molecule has 3 nitrogen and oxygen atoms in total. The highest BCUT2D eigenvalue weighted by Crippen LogP contribution is 2.28. The third-order valence-corrected chi connectivity index (χ3v) is 3.94. The van der Waals surface area contributed by atoms with Crippen molar-refractivity contribution in [1.29, 1.82) is 0 Å². The lowest BCUT2D eigenvalue weighted by Gasteiger charge is -2.12. The Labute approximate surface area is 133 Å². The largest absolute Gasteiger partial charge is 0.397 e. The van der Waals surface area contributed by atoms with E-state index in [2.05, 4.69) is 40.3 Å². The maximum absolute atomic E-state index is 12.1. The van der Waals surface area contributed by atoms with Crippen LogP contribution in [0.5, 0.6) is 0 Å².